The quantitative estimate of drug-likeness (QED) is 0.845. The van der Waals surface area contributed by atoms with Crippen LogP contribution in [0.5, 0.6) is 5.88 Å². The summed E-state index contributed by atoms with van der Waals surface area (Å²) >= 11 is 1.18. The molecule has 0 N–H and O–H groups in total. The van der Waals surface area contributed by atoms with Gasteiger partial charge in [-0.05, 0) is 42.2 Å². The number of rotatable bonds is 5. The molecule has 2 rings (SSSR count). The third-order valence-corrected chi connectivity index (χ3v) is 5.67. The van der Waals surface area contributed by atoms with Crippen LogP contribution < -0.4 is 4.74 Å². The second-order valence-electron chi connectivity index (χ2n) is 4.51. The van der Waals surface area contributed by atoms with Gasteiger partial charge in [-0.2, -0.15) is 8.68 Å². The van der Waals surface area contributed by atoms with Crippen LogP contribution in [0.15, 0.2) is 29.2 Å². The first kappa shape index (κ1) is 15.9. The Bertz CT molecular complexity index is 744. The number of aromatic nitrogens is 1. The number of halogens is 1. The molecular formula is C13H15FN2O3S2. The highest BCUT2D eigenvalue weighted by molar-refractivity contribution is 7.89. The lowest BCUT2D eigenvalue weighted by atomic mass is 10.2. The molecule has 114 valence electrons. The van der Waals surface area contributed by atoms with E-state index in [1.165, 1.54) is 42.1 Å². The van der Waals surface area contributed by atoms with Gasteiger partial charge in [0.1, 0.15) is 5.82 Å². The van der Waals surface area contributed by atoms with Gasteiger partial charge in [0.25, 0.3) is 0 Å². The molecule has 8 heteroatoms. The van der Waals surface area contributed by atoms with Crippen molar-refractivity contribution in [2.75, 3.05) is 14.2 Å². The summed E-state index contributed by atoms with van der Waals surface area (Å²) in [7, 11) is -0.700. The first-order valence-electron chi connectivity index (χ1n) is 6.06. The molecule has 1 aromatic carbocycles. The first-order valence-corrected chi connectivity index (χ1v) is 8.28. The zero-order valence-electron chi connectivity index (χ0n) is 11.8. The van der Waals surface area contributed by atoms with Gasteiger partial charge in [0.2, 0.25) is 15.9 Å². The number of aryl methyl sites for hydroxylation is 1. The maximum atomic E-state index is 13.1. The van der Waals surface area contributed by atoms with E-state index < -0.39 is 15.8 Å². The summed E-state index contributed by atoms with van der Waals surface area (Å²) in [4.78, 5) is 0.862. The van der Waals surface area contributed by atoms with Crippen molar-refractivity contribution in [3.05, 3.63) is 40.5 Å². The SMILES string of the molecule is COc1cc(CN(C)S(=O)(=O)c2ccc(F)cc2C)sn1. The Labute approximate surface area is 127 Å². The molecule has 2 aromatic rings. The fraction of sp³-hybridized carbons (Fsp3) is 0.308. The number of benzene rings is 1. The molecule has 0 amide bonds. The van der Waals surface area contributed by atoms with Crippen LogP contribution in [0.3, 0.4) is 0 Å². The molecular weight excluding hydrogens is 315 g/mol. The molecule has 21 heavy (non-hydrogen) atoms. The molecule has 0 aliphatic carbocycles. The number of methoxy groups -OCH3 is 1. The summed E-state index contributed by atoms with van der Waals surface area (Å²) in [5.74, 6) is 0.0000527. The highest BCUT2D eigenvalue weighted by Crippen LogP contribution is 2.23. The topological polar surface area (TPSA) is 59.5 Å². The summed E-state index contributed by atoms with van der Waals surface area (Å²) in [6.07, 6.45) is 0. The van der Waals surface area contributed by atoms with Crippen molar-refractivity contribution in [2.45, 2.75) is 18.4 Å². The van der Waals surface area contributed by atoms with Gasteiger partial charge < -0.3 is 4.74 Å². The molecule has 0 aliphatic heterocycles. The standard InChI is InChI=1S/C13H15FN2O3S2/c1-9-6-10(14)4-5-12(9)21(17,18)16(2)8-11-7-13(19-3)15-20-11/h4-7H,8H2,1-3H3. The smallest absolute Gasteiger partial charge is 0.243 e. The molecule has 0 bridgehead atoms. The minimum Gasteiger partial charge on any atom is -0.480 e. The Hall–Kier alpha value is -1.51. The molecule has 0 fully saturated rings. The third kappa shape index (κ3) is 3.39. The fourth-order valence-electron chi connectivity index (χ4n) is 1.84. The second-order valence-corrected chi connectivity index (χ2v) is 7.41. The summed E-state index contributed by atoms with van der Waals surface area (Å²) in [6, 6.07) is 5.32. The van der Waals surface area contributed by atoms with E-state index in [4.69, 9.17) is 4.74 Å². The lowest BCUT2D eigenvalue weighted by Gasteiger charge is -2.17. The zero-order chi connectivity index (χ0) is 15.6. The predicted octanol–water partition coefficient (Wildman–Crippen LogP) is 2.42. The van der Waals surface area contributed by atoms with Gasteiger partial charge in [0.15, 0.2) is 0 Å². The Morgan fingerprint density at radius 3 is 2.67 bits per heavy atom. The van der Waals surface area contributed by atoms with Gasteiger partial charge in [0, 0.05) is 24.5 Å². The Balaban J connectivity index is 2.25. The Morgan fingerprint density at radius 1 is 1.38 bits per heavy atom. The number of ether oxygens (including phenoxy) is 1. The van der Waals surface area contributed by atoms with Crippen LogP contribution in [0.25, 0.3) is 0 Å². The highest BCUT2D eigenvalue weighted by Gasteiger charge is 2.23. The first-order chi connectivity index (χ1) is 9.84. The summed E-state index contributed by atoms with van der Waals surface area (Å²) in [5, 5.41) is 0. The number of hydrogen-bond acceptors (Lipinski definition) is 5. The average molecular weight is 330 g/mol. The molecule has 0 aliphatic rings. The van der Waals surface area contributed by atoms with Gasteiger partial charge in [-0.1, -0.05) is 0 Å². The predicted molar refractivity (Wildman–Crippen MR) is 78.5 cm³/mol. The Kier molecular flexibility index (Phi) is 4.60. The summed E-state index contributed by atoms with van der Waals surface area (Å²) < 4.78 is 48.3. The van der Waals surface area contributed by atoms with Gasteiger partial charge in [-0.25, -0.2) is 12.8 Å². The van der Waals surface area contributed by atoms with E-state index >= 15 is 0 Å². The van der Waals surface area contributed by atoms with Crippen LogP contribution in [0, 0.1) is 12.7 Å². The van der Waals surface area contributed by atoms with Gasteiger partial charge in [-0.15, -0.1) is 0 Å². The van der Waals surface area contributed by atoms with Crippen LogP contribution in [-0.4, -0.2) is 31.3 Å². The molecule has 0 spiro atoms. The van der Waals surface area contributed by atoms with Crippen LogP contribution in [0.2, 0.25) is 0 Å². The largest absolute Gasteiger partial charge is 0.480 e. The maximum Gasteiger partial charge on any atom is 0.243 e. The fourth-order valence-corrected chi connectivity index (χ4v) is 4.01. The second kappa shape index (κ2) is 6.08. The molecule has 5 nitrogen and oxygen atoms in total. The van der Waals surface area contributed by atoms with Gasteiger partial charge in [-0.3, -0.25) is 0 Å². The monoisotopic (exact) mass is 330 g/mol. The minimum atomic E-state index is -3.68. The number of hydrogen-bond donors (Lipinski definition) is 0. The van der Waals surface area contributed by atoms with E-state index in [2.05, 4.69) is 4.37 Å². The molecule has 1 heterocycles. The van der Waals surface area contributed by atoms with Crippen molar-refractivity contribution in [2.24, 2.45) is 0 Å². The van der Waals surface area contributed by atoms with Crippen LogP contribution >= 0.6 is 11.5 Å². The van der Waals surface area contributed by atoms with Gasteiger partial charge in [0.05, 0.1) is 12.0 Å². The van der Waals surface area contributed by atoms with Crippen molar-refractivity contribution in [1.29, 1.82) is 0 Å². The molecule has 0 saturated heterocycles. The van der Waals surface area contributed by atoms with E-state index in [1.54, 1.807) is 13.0 Å². The van der Waals surface area contributed by atoms with Crippen LogP contribution in [-0.2, 0) is 16.6 Å². The zero-order valence-corrected chi connectivity index (χ0v) is 13.5. The van der Waals surface area contributed by atoms with Crippen molar-refractivity contribution >= 4 is 21.6 Å². The molecule has 0 atom stereocenters. The lowest BCUT2D eigenvalue weighted by molar-refractivity contribution is 0.401. The highest BCUT2D eigenvalue weighted by atomic mass is 32.2. The normalized spacial score (nSPS) is 11.9. The summed E-state index contributed by atoms with van der Waals surface area (Å²) in [6.45, 7) is 1.75. The van der Waals surface area contributed by atoms with E-state index in [-0.39, 0.29) is 11.4 Å². The van der Waals surface area contributed by atoms with Crippen molar-refractivity contribution in [3.8, 4) is 5.88 Å². The van der Waals surface area contributed by atoms with Crippen molar-refractivity contribution < 1.29 is 17.5 Å². The average Bonchev–Trinajstić information content (AvgIpc) is 2.85. The van der Waals surface area contributed by atoms with Crippen molar-refractivity contribution in [1.82, 2.24) is 8.68 Å². The number of nitrogens with zero attached hydrogens (tertiary/aromatic N) is 2. The van der Waals surface area contributed by atoms with E-state index in [9.17, 15) is 12.8 Å². The minimum absolute atomic E-state index is 0.0999. The van der Waals surface area contributed by atoms with Gasteiger partial charge >= 0.3 is 0 Å². The maximum absolute atomic E-state index is 13.1. The van der Waals surface area contributed by atoms with E-state index in [0.29, 0.717) is 11.4 Å². The van der Waals surface area contributed by atoms with Crippen LogP contribution in [0.1, 0.15) is 10.4 Å². The molecule has 0 unspecified atom stereocenters. The van der Waals surface area contributed by atoms with Crippen LogP contribution in [0.4, 0.5) is 4.39 Å². The lowest BCUT2D eigenvalue weighted by Crippen LogP contribution is -2.26. The third-order valence-electron chi connectivity index (χ3n) is 2.95. The molecule has 1 aromatic heterocycles. The van der Waals surface area contributed by atoms with Crippen molar-refractivity contribution in [3.63, 3.8) is 0 Å². The summed E-state index contributed by atoms with van der Waals surface area (Å²) in [5.41, 5.74) is 0.378. The Morgan fingerprint density at radius 2 is 2.10 bits per heavy atom. The molecule has 0 radical (unpaired) electrons. The number of sulfonamides is 1. The molecule has 0 saturated carbocycles. The van der Waals surface area contributed by atoms with E-state index in [1.807, 2.05) is 0 Å². The van der Waals surface area contributed by atoms with E-state index in [0.717, 1.165) is 10.9 Å².